The molecular weight excluding hydrogens is 426 g/mol. The second kappa shape index (κ2) is 9.22. The Labute approximate surface area is 202 Å². The van der Waals surface area contributed by atoms with Crippen LogP contribution < -0.4 is 0 Å². The quantitative estimate of drug-likeness (QED) is 0.596. The van der Waals surface area contributed by atoms with Crippen molar-refractivity contribution in [1.29, 1.82) is 0 Å². The smallest absolute Gasteiger partial charge is 0.253 e. The van der Waals surface area contributed by atoms with Gasteiger partial charge in [-0.25, -0.2) is 4.98 Å². The van der Waals surface area contributed by atoms with E-state index in [4.69, 9.17) is 4.98 Å². The second-order valence-corrected chi connectivity index (χ2v) is 10.4. The number of imidazole rings is 1. The lowest BCUT2D eigenvalue weighted by Crippen LogP contribution is -2.48. The van der Waals surface area contributed by atoms with E-state index in [0.717, 1.165) is 35.5 Å². The number of amides is 2. The van der Waals surface area contributed by atoms with Gasteiger partial charge in [0.1, 0.15) is 5.82 Å². The third-order valence-corrected chi connectivity index (χ3v) is 6.65. The maximum atomic E-state index is 13.0. The predicted octanol–water partition coefficient (Wildman–Crippen LogP) is 3.53. The van der Waals surface area contributed by atoms with Gasteiger partial charge < -0.3 is 14.4 Å². The molecule has 7 heteroatoms. The summed E-state index contributed by atoms with van der Waals surface area (Å²) in [6.45, 7) is 10.3. The number of rotatable bonds is 4. The number of aryl methyl sites for hydroxylation is 1. The molecule has 1 fully saturated rings. The van der Waals surface area contributed by atoms with Gasteiger partial charge in [-0.15, -0.1) is 0 Å². The molecule has 3 aromatic rings. The Morgan fingerprint density at radius 3 is 2.15 bits per heavy atom. The van der Waals surface area contributed by atoms with Crippen molar-refractivity contribution >= 4 is 22.8 Å². The molecule has 1 aliphatic heterocycles. The number of benzene rings is 2. The molecule has 0 aliphatic carbocycles. The minimum Gasteiger partial charge on any atom is -0.345 e. The van der Waals surface area contributed by atoms with Gasteiger partial charge in [0.2, 0.25) is 0 Å². The van der Waals surface area contributed by atoms with Crippen molar-refractivity contribution in [3.05, 3.63) is 65.0 Å². The molecule has 1 saturated heterocycles. The molecule has 34 heavy (non-hydrogen) atoms. The van der Waals surface area contributed by atoms with Crippen LogP contribution in [0.1, 0.15) is 52.9 Å². The lowest BCUT2D eigenvalue weighted by molar-refractivity contribution is 0.0624. The predicted molar refractivity (Wildman–Crippen MR) is 135 cm³/mol. The zero-order valence-corrected chi connectivity index (χ0v) is 21.1. The summed E-state index contributed by atoms with van der Waals surface area (Å²) >= 11 is 0. The molecule has 0 radical (unpaired) electrons. The molecule has 0 saturated carbocycles. The lowest BCUT2D eigenvalue weighted by Gasteiger charge is -2.34. The fourth-order valence-electron chi connectivity index (χ4n) is 4.39. The van der Waals surface area contributed by atoms with Crippen LogP contribution in [-0.2, 0) is 19.0 Å². The van der Waals surface area contributed by atoms with Gasteiger partial charge in [-0.3, -0.25) is 14.5 Å². The Hall–Kier alpha value is -3.19. The third kappa shape index (κ3) is 4.85. The van der Waals surface area contributed by atoms with Crippen molar-refractivity contribution in [2.45, 2.75) is 32.7 Å². The molecular formula is C27H35N5O2. The standard InChI is InChI=1S/C27H35N5O2/c1-27(2,3)21-10-7-19(8-11-21)26(34)32-15-13-31(14-16-32)18-24-28-22-17-20(25(33)29(4)5)9-12-23(22)30(24)6/h7-12,17H,13-16,18H2,1-6H3. The van der Waals surface area contributed by atoms with Crippen molar-refractivity contribution in [1.82, 2.24) is 24.3 Å². The topological polar surface area (TPSA) is 61.7 Å². The van der Waals surface area contributed by atoms with E-state index in [1.165, 1.54) is 5.56 Å². The summed E-state index contributed by atoms with van der Waals surface area (Å²) < 4.78 is 2.09. The highest BCUT2D eigenvalue weighted by molar-refractivity contribution is 5.97. The molecule has 180 valence electrons. The SMILES string of the molecule is CN(C)C(=O)c1ccc2c(c1)nc(CN1CCN(C(=O)c3ccc(C(C)(C)C)cc3)CC1)n2C. The van der Waals surface area contributed by atoms with Crippen LogP contribution in [-0.4, -0.2) is 76.3 Å². The van der Waals surface area contributed by atoms with Gasteiger partial charge in [0.05, 0.1) is 17.6 Å². The van der Waals surface area contributed by atoms with Gasteiger partial charge in [-0.05, 0) is 41.3 Å². The summed E-state index contributed by atoms with van der Waals surface area (Å²) in [6.07, 6.45) is 0. The van der Waals surface area contributed by atoms with E-state index in [1.807, 2.05) is 42.3 Å². The van der Waals surface area contributed by atoms with Gasteiger partial charge in [0.15, 0.2) is 0 Å². The number of hydrogen-bond donors (Lipinski definition) is 0. The summed E-state index contributed by atoms with van der Waals surface area (Å²) in [4.78, 5) is 35.9. The zero-order valence-electron chi connectivity index (χ0n) is 21.1. The van der Waals surface area contributed by atoms with Gasteiger partial charge in [-0.1, -0.05) is 32.9 Å². The molecule has 0 bridgehead atoms. The first-order valence-electron chi connectivity index (χ1n) is 11.8. The number of piperazine rings is 1. The summed E-state index contributed by atoms with van der Waals surface area (Å²) in [6, 6.07) is 13.7. The fourth-order valence-corrected chi connectivity index (χ4v) is 4.39. The Balaban J connectivity index is 1.39. The van der Waals surface area contributed by atoms with E-state index in [-0.39, 0.29) is 17.2 Å². The first kappa shape index (κ1) is 24.0. The van der Waals surface area contributed by atoms with E-state index in [0.29, 0.717) is 25.2 Å². The summed E-state index contributed by atoms with van der Waals surface area (Å²) in [5.74, 6) is 1.03. The molecule has 2 aromatic carbocycles. The molecule has 0 atom stereocenters. The normalized spacial score (nSPS) is 15.1. The van der Waals surface area contributed by atoms with Crippen LogP contribution in [0.25, 0.3) is 11.0 Å². The van der Waals surface area contributed by atoms with Crippen LogP contribution in [0.2, 0.25) is 0 Å². The molecule has 1 aliphatic rings. The van der Waals surface area contributed by atoms with Crippen molar-refractivity contribution in [2.24, 2.45) is 7.05 Å². The maximum Gasteiger partial charge on any atom is 0.253 e. The van der Waals surface area contributed by atoms with E-state index in [1.54, 1.807) is 19.0 Å². The first-order valence-corrected chi connectivity index (χ1v) is 11.8. The molecule has 4 rings (SSSR count). The van der Waals surface area contributed by atoms with Crippen LogP contribution in [0.3, 0.4) is 0 Å². The molecule has 7 nitrogen and oxygen atoms in total. The van der Waals surface area contributed by atoms with Crippen molar-refractivity contribution in [2.75, 3.05) is 40.3 Å². The van der Waals surface area contributed by atoms with Crippen molar-refractivity contribution in [3.63, 3.8) is 0 Å². The van der Waals surface area contributed by atoms with Crippen LogP contribution in [0, 0.1) is 0 Å². The number of nitrogens with zero attached hydrogens (tertiary/aromatic N) is 5. The van der Waals surface area contributed by atoms with Crippen molar-refractivity contribution < 1.29 is 9.59 Å². The summed E-state index contributed by atoms with van der Waals surface area (Å²) in [5.41, 5.74) is 4.54. The van der Waals surface area contributed by atoms with Gasteiger partial charge in [0.25, 0.3) is 11.8 Å². The van der Waals surface area contributed by atoms with Gasteiger partial charge in [-0.2, -0.15) is 0 Å². The highest BCUT2D eigenvalue weighted by atomic mass is 16.2. The summed E-state index contributed by atoms with van der Waals surface area (Å²) in [7, 11) is 5.52. The Morgan fingerprint density at radius 2 is 1.56 bits per heavy atom. The highest BCUT2D eigenvalue weighted by Gasteiger charge is 2.24. The van der Waals surface area contributed by atoms with E-state index >= 15 is 0 Å². The number of carbonyl (C=O) groups is 2. The van der Waals surface area contributed by atoms with Crippen LogP contribution in [0.4, 0.5) is 0 Å². The molecule has 0 unspecified atom stereocenters. The second-order valence-electron chi connectivity index (χ2n) is 10.4. The van der Waals surface area contributed by atoms with E-state index < -0.39 is 0 Å². The Morgan fingerprint density at radius 1 is 0.941 bits per heavy atom. The first-order chi connectivity index (χ1) is 16.0. The van der Waals surface area contributed by atoms with Crippen LogP contribution >= 0.6 is 0 Å². The molecule has 0 N–H and O–H groups in total. The van der Waals surface area contributed by atoms with E-state index in [9.17, 15) is 9.59 Å². The minimum atomic E-state index is -0.0251. The third-order valence-electron chi connectivity index (χ3n) is 6.65. The number of fused-ring (bicyclic) bond motifs is 1. The maximum absolute atomic E-state index is 13.0. The summed E-state index contributed by atoms with van der Waals surface area (Å²) in [5, 5.41) is 0. The number of hydrogen-bond acceptors (Lipinski definition) is 4. The Kier molecular flexibility index (Phi) is 6.49. The number of carbonyl (C=O) groups excluding carboxylic acids is 2. The molecule has 0 spiro atoms. The average Bonchev–Trinajstić information content (AvgIpc) is 3.12. The van der Waals surface area contributed by atoms with Crippen LogP contribution in [0.15, 0.2) is 42.5 Å². The van der Waals surface area contributed by atoms with Crippen LogP contribution in [0.5, 0.6) is 0 Å². The lowest BCUT2D eigenvalue weighted by atomic mass is 9.86. The zero-order chi connectivity index (χ0) is 24.6. The average molecular weight is 462 g/mol. The minimum absolute atomic E-state index is 0.0251. The fraction of sp³-hybridized carbons (Fsp3) is 0.444. The molecule has 2 amide bonds. The largest absolute Gasteiger partial charge is 0.345 e. The Bertz CT molecular complexity index is 1200. The van der Waals surface area contributed by atoms with E-state index in [2.05, 4.69) is 42.4 Å². The van der Waals surface area contributed by atoms with Gasteiger partial charge >= 0.3 is 0 Å². The monoisotopic (exact) mass is 461 g/mol. The van der Waals surface area contributed by atoms with Crippen molar-refractivity contribution in [3.8, 4) is 0 Å². The molecule has 1 aromatic heterocycles. The highest BCUT2D eigenvalue weighted by Crippen LogP contribution is 2.23. The number of aromatic nitrogens is 2. The molecule has 2 heterocycles. The van der Waals surface area contributed by atoms with Gasteiger partial charge in [0, 0.05) is 58.4 Å².